The van der Waals surface area contributed by atoms with Gasteiger partial charge in [0.15, 0.2) is 22.7 Å². The molecule has 1 unspecified atom stereocenters. The van der Waals surface area contributed by atoms with Gasteiger partial charge in [-0.2, -0.15) is 0 Å². The van der Waals surface area contributed by atoms with Crippen LogP contribution in [0.3, 0.4) is 0 Å². The zero-order valence-electron chi connectivity index (χ0n) is 13.1. The normalized spacial score (nSPS) is 18.3. The third-order valence-corrected chi connectivity index (χ3v) is 6.29. The molecule has 0 spiro atoms. The molecular weight excluding hydrogens is 347 g/mol. The van der Waals surface area contributed by atoms with Crippen LogP contribution in [0.1, 0.15) is 36.0 Å². The average Bonchev–Trinajstić information content (AvgIpc) is 2.59. The standard InChI is InChI=1S/C16H22NO3P3/c18-16(12-3-5-14(21)6-4-12)13-7-10-17(11-8-13)9-1-2-15(22-19)23-20/h3-6,13,15H,1-2,7-11,21H2. The molecule has 4 nitrogen and oxygen atoms in total. The molecule has 1 aromatic carbocycles. The van der Waals surface area contributed by atoms with E-state index in [-0.39, 0.29) is 34.0 Å². The second-order valence-electron chi connectivity index (χ2n) is 5.94. The lowest BCUT2D eigenvalue weighted by atomic mass is 9.89. The van der Waals surface area contributed by atoms with E-state index in [9.17, 15) is 13.9 Å². The maximum Gasteiger partial charge on any atom is 0.171 e. The molecule has 0 aromatic heterocycles. The predicted octanol–water partition coefficient (Wildman–Crippen LogP) is 3.77. The summed E-state index contributed by atoms with van der Waals surface area (Å²) in [6.45, 7) is 2.77. The van der Waals surface area contributed by atoms with E-state index in [0.29, 0.717) is 6.42 Å². The highest BCUT2D eigenvalue weighted by Gasteiger charge is 2.25. The maximum atomic E-state index is 12.5. The molecule has 1 heterocycles. The summed E-state index contributed by atoms with van der Waals surface area (Å²) in [5, 5.41) is 0.818. The molecule has 1 fully saturated rings. The van der Waals surface area contributed by atoms with Gasteiger partial charge < -0.3 is 4.90 Å². The Hall–Kier alpha value is -0.520. The van der Waals surface area contributed by atoms with Crippen molar-refractivity contribution in [1.82, 2.24) is 4.90 Å². The molecule has 1 aliphatic heterocycles. The van der Waals surface area contributed by atoms with Crippen LogP contribution in [0.5, 0.6) is 0 Å². The minimum atomic E-state index is -0.270. The number of piperidine rings is 1. The van der Waals surface area contributed by atoms with Crippen LogP contribution in [0.4, 0.5) is 0 Å². The minimum absolute atomic E-state index is 0.0382. The molecule has 2 rings (SSSR count). The fourth-order valence-corrected chi connectivity index (χ4v) is 3.85. The van der Waals surface area contributed by atoms with Crippen LogP contribution >= 0.6 is 26.2 Å². The Balaban J connectivity index is 1.75. The van der Waals surface area contributed by atoms with E-state index < -0.39 is 0 Å². The second-order valence-corrected chi connectivity index (χ2v) is 8.68. The number of rotatable bonds is 8. The van der Waals surface area contributed by atoms with Gasteiger partial charge in [0.05, 0.1) is 0 Å². The van der Waals surface area contributed by atoms with Crippen molar-refractivity contribution in [3.05, 3.63) is 29.8 Å². The van der Waals surface area contributed by atoms with E-state index in [4.69, 9.17) is 0 Å². The van der Waals surface area contributed by atoms with Crippen molar-refractivity contribution < 1.29 is 13.9 Å². The Bertz CT molecular complexity index is 534. The molecular formula is C16H22NO3P3. The summed E-state index contributed by atoms with van der Waals surface area (Å²) in [5.41, 5.74) is 0.807. The SMILES string of the molecule is O=PC(CCCN1CCC(C(=O)c2ccc(P)cc2)CC1)P=O. The van der Waals surface area contributed by atoms with E-state index in [1.165, 1.54) is 0 Å². The number of hydrogen-bond donors (Lipinski definition) is 0. The monoisotopic (exact) mass is 369 g/mol. The van der Waals surface area contributed by atoms with E-state index in [1.54, 1.807) is 0 Å². The van der Waals surface area contributed by atoms with Crippen LogP contribution in [-0.2, 0) is 9.13 Å². The first-order valence-electron chi connectivity index (χ1n) is 7.91. The van der Waals surface area contributed by atoms with Crippen LogP contribution in [0.25, 0.3) is 0 Å². The quantitative estimate of drug-likeness (QED) is 0.517. The molecule has 0 saturated carbocycles. The van der Waals surface area contributed by atoms with Crippen molar-refractivity contribution in [1.29, 1.82) is 0 Å². The van der Waals surface area contributed by atoms with Gasteiger partial charge in [0.2, 0.25) is 0 Å². The van der Waals surface area contributed by atoms with Crippen LogP contribution in [0, 0.1) is 5.92 Å². The number of benzene rings is 1. The Morgan fingerprint density at radius 3 is 2.35 bits per heavy atom. The van der Waals surface area contributed by atoms with Crippen molar-refractivity contribution in [2.45, 2.75) is 31.1 Å². The zero-order valence-corrected chi connectivity index (χ0v) is 16.0. The first-order valence-corrected chi connectivity index (χ1v) is 10.2. The van der Waals surface area contributed by atoms with Gasteiger partial charge in [-0.1, -0.05) is 24.3 Å². The molecule has 0 amide bonds. The zero-order chi connectivity index (χ0) is 16.7. The van der Waals surface area contributed by atoms with Gasteiger partial charge in [0.25, 0.3) is 0 Å². The van der Waals surface area contributed by atoms with Crippen molar-refractivity contribution in [2.75, 3.05) is 19.6 Å². The summed E-state index contributed by atoms with van der Waals surface area (Å²) in [6.07, 6.45) is 3.38. The van der Waals surface area contributed by atoms with E-state index in [1.807, 2.05) is 24.3 Å². The number of carbonyl (C=O) groups is 1. The van der Waals surface area contributed by atoms with Crippen molar-refractivity contribution in [2.24, 2.45) is 5.92 Å². The lowest BCUT2D eigenvalue weighted by molar-refractivity contribution is 0.0839. The number of ketones is 1. The molecule has 124 valence electrons. The first-order chi connectivity index (χ1) is 11.1. The van der Waals surface area contributed by atoms with E-state index >= 15 is 0 Å². The van der Waals surface area contributed by atoms with Crippen LogP contribution in [0.2, 0.25) is 0 Å². The predicted molar refractivity (Wildman–Crippen MR) is 97.5 cm³/mol. The summed E-state index contributed by atoms with van der Waals surface area (Å²) in [6, 6.07) is 7.71. The molecule has 1 aliphatic rings. The van der Waals surface area contributed by atoms with Gasteiger partial charge in [-0.25, -0.2) is 0 Å². The number of carbonyl (C=O) groups excluding carboxylic acids is 1. The Morgan fingerprint density at radius 2 is 1.78 bits per heavy atom. The largest absolute Gasteiger partial charge is 0.303 e. The maximum absolute atomic E-state index is 12.5. The molecule has 1 atom stereocenters. The van der Waals surface area contributed by atoms with Gasteiger partial charge in [0, 0.05) is 11.5 Å². The summed E-state index contributed by atoms with van der Waals surface area (Å²) in [7, 11) is 2.55. The average molecular weight is 369 g/mol. The van der Waals surface area contributed by atoms with Gasteiger partial charge in [0.1, 0.15) is 5.40 Å². The summed E-state index contributed by atoms with van der Waals surface area (Å²) in [5.74, 6) is 0.375. The molecule has 23 heavy (non-hydrogen) atoms. The van der Waals surface area contributed by atoms with Crippen LogP contribution in [0.15, 0.2) is 24.3 Å². The highest BCUT2D eigenvalue weighted by Crippen LogP contribution is 2.25. The lowest BCUT2D eigenvalue weighted by Crippen LogP contribution is -2.37. The molecule has 7 heteroatoms. The fourth-order valence-electron chi connectivity index (χ4n) is 2.92. The third kappa shape index (κ3) is 5.80. The Morgan fingerprint density at radius 1 is 1.17 bits per heavy atom. The molecule has 0 N–H and O–H groups in total. The fraction of sp³-hybridized carbons (Fsp3) is 0.562. The van der Waals surface area contributed by atoms with Gasteiger partial charge in [-0.15, -0.1) is 9.24 Å². The molecule has 0 radical (unpaired) electrons. The van der Waals surface area contributed by atoms with Gasteiger partial charge >= 0.3 is 0 Å². The van der Waals surface area contributed by atoms with Crippen LogP contribution in [-0.4, -0.2) is 35.7 Å². The van der Waals surface area contributed by atoms with Gasteiger partial charge in [-0.3, -0.25) is 13.9 Å². The van der Waals surface area contributed by atoms with Crippen molar-refractivity contribution in [3.8, 4) is 0 Å². The van der Waals surface area contributed by atoms with E-state index in [2.05, 4.69) is 14.1 Å². The molecule has 1 saturated heterocycles. The number of nitrogens with zero attached hydrogens (tertiary/aromatic N) is 1. The van der Waals surface area contributed by atoms with Crippen molar-refractivity contribution in [3.63, 3.8) is 0 Å². The topological polar surface area (TPSA) is 54.5 Å². The lowest BCUT2D eigenvalue weighted by Gasteiger charge is -2.31. The molecule has 0 bridgehead atoms. The smallest absolute Gasteiger partial charge is 0.171 e. The van der Waals surface area contributed by atoms with Crippen molar-refractivity contribution >= 4 is 37.2 Å². The Kier molecular flexibility index (Phi) is 7.93. The van der Waals surface area contributed by atoms with Gasteiger partial charge in [-0.05, 0) is 50.6 Å². The number of likely N-dealkylation sites (tertiary alicyclic amines) is 1. The number of Topliss-reactive ketones (excluding diaryl/α,β-unsaturated/α-hetero) is 1. The molecule has 1 aromatic rings. The summed E-state index contributed by atoms with van der Waals surface area (Å²) >= 11 is 0. The highest BCUT2D eigenvalue weighted by molar-refractivity contribution is 7.44. The summed E-state index contributed by atoms with van der Waals surface area (Å²) < 4.78 is 21.5. The highest BCUT2D eigenvalue weighted by atomic mass is 31.1. The second kappa shape index (κ2) is 9.70. The first kappa shape index (κ1) is 18.8. The Labute approximate surface area is 143 Å². The van der Waals surface area contributed by atoms with Crippen LogP contribution < -0.4 is 5.30 Å². The van der Waals surface area contributed by atoms with E-state index in [0.717, 1.165) is 49.8 Å². The minimum Gasteiger partial charge on any atom is -0.303 e. The summed E-state index contributed by atoms with van der Waals surface area (Å²) in [4.78, 5) is 14.8. The number of hydrogen-bond acceptors (Lipinski definition) is 4. The molecule has 0 aliphatic carbocycles. The third-order valence-electron chi connectivity index (χ3n) is 4.33.